The molecule has 2 aromatic heterocycles. The molecule has 1 amide bonds. The molecule has 0 radical (unpaired) electrons. The lowest BCUT2D eigenvalue weighted by atomic mass is 10.1. The van der Waals surface area contributed by atoms with E-state index in [1.807, 2.05) is 21.8 Å². The minimum atomic E-state index is -0.330. The highest BCUT2D eigenvalue weighted by atomic mass is 19.1. The number of rotatable bonds is 3. The van der Waals surface area contributed by atoms with Crippen molar-refractivity contribution in [1.82, 2.24) is 14.7 Å². The van der Waals surface area contributed by atoms with E-state index in [0.29, 0.717) is 35.4 Å². The topological polar surface area (TPSA) is 51.3 Å². The highest BCUT2D eigenvalue weighted by Crippen LogP contribution is 2.29. The molecule has 1 saturated heterocycles. The normalized spacial score (nSPS) is 17.8. The summed E-state index contributed by atoms with van der Waals surface area (Å²) in [7, 11) is 0. The molecule has 3 aromatic rings. The van der Waals surface area contributed by atoms with E-state index in [9.17, 15) is 9.18 Å². The molecule has 0 saturated carbocycles. The number of benzene rings is 1. The first kappa shape index (κ1) is 14.9. The summed E-state index contributed by atoms with van der Waals surface area (Å²) in [4.78, 5) is 14.8. The van der Waals surface area contributed by atoms with Gasteiger partial charge in [0, 0.05) is 29.9 Å². The molecule has 1 aliphatic heterocycles. The summed E-state index contributed by atoms with van der Waals surface area (Å²) in [5, 5.41) is 4.88. The van der Waals surface area contributed by atoms with Crippen LogP contribution in [-0.4, -0.2) is 33.2 Å². The number of amides is 1. The number of carbonyl (C=O) groups excluding carboxylic acids is 1. The summed E-state index contributed by atoms with van der Waals surface area (Å²) < 4.78 is 21.0. The van der Waals surface area contributed by atoms with Crippen molar-refractivity contribution in [2.24, 2.45) is 0 Å². The van der Waals surface area contributed by atoms with E-state index in [4.69, 9.17) is 4.42 Å². The second kappa shape index (κ2) is 5.78. The van der Waals surface area contributed by atoms with Crippen LogP contribution >= 0.6 is 0 Å². The lowest BCUT2D eigenvalue weighted by Gasteiger charge is -2.24. The molecule has 1 aromatic carbocycles. The largest absolute Gasteiger partial charge is 0.451 e. The Morgan fingerprint density at radius 1 is 1.46 bits per heavy atom. The summed E-state index contributed by atoms with van der Waals surface area (Å²) in [5.41, 5.74) is 1.24. The van der Waals surface area contributed by atoms with Crippen molar-refractivity contribution in [3.63, 3.8) is 0 Å². The van der Waals surface area contributed by atoms with Gasteiger partial charge in [-0.2, -0.15) is 5.10 Å². The quantitative estimate of drug-likeness (QED) is 0.741. The maximum atomic E-state index is 13.5. The average Bonchev–Trinajstić information content (AvgIpc) is 3.29. The zero-order valence-electron chi connectivity index (χ0n) is 13.4. The molecule has 124 valence electrons. The molecule has 1 atom stereocenters. The maximum absolute atomic E-state index is 13.5. The third-order valence-corrected chi connectivity index (χ3v) is 4.69. The van der Waals surface area contributed by atoms with E-state index in [1.165, 1.54) is 12.1 Å². The molecule has 1 aliphatic rings. The van der Waals surface area contributed by atoms with Gasteiger partial charge in [-0.3, -0.25) is 9.48 Å². The van der Waals surface area contributed by atoms with Gasteiger partial charge in [-0.25, -0.2) is 4.39 Å². The van der Waals surface area contributed by atoms with Crippen molar-refractivity contribution < 1.29 is 13.6 Å². The smallest absolute Gasteiger partial charge is 0.290 e. The fourth-order valence-corrected chi connectivity index (χ4v) is 3.44. The summed E-state index contributed by atoms with van der Waals surface area (Å²) in [6.45, 7) is 3.18. The van der Waals surface area contributed by atoms with Crippen LogP contribution in [0, 0.1) is 12.7 Å². The van der Waals surface area contributed by atoms with Crippen molar-refractivity contribution in [3.8, 4) is 0 Å². The zero-order valence-corrected chi connectivity index (χ0v) is 13.4. The number of carbonyl (C=O) groups is 1. The number of hydrogen-bond acceptors (Lipinski definition) is 3. The molecule has 3 heterocycles. The van der Waals surface area contributed by atoms with Crippen LogP contribution in [0.15, 0.2) is 41.1 Å². The molecule has 0 N–H and O–H groups in total. The van der Waals surface area contributed by atoms with Gasteiger partial charge in [0.15, 0.2) is 5.76 Å². The SMILES string of the molecule is Cc1c(C(=O)N2CCC[C@@H]2Cn2cccn2)oc2ccc(F)cc12. The van der Waals surface area contributed by atoms with E-state index in [-0.39, 0.29) is 17.8 Å². The van der Waals surface area contributed by atoms with E-state index in [0.717, 1.165) is 12.8 Å². The predicted octanol–water partition coefficient (Wildman–Crippen LogP) is 3.38. The molecular formula is C18H18FN3O2. The van der Waals surface area contributed by atoms with Gasteiger partial charge in [-0.1, -0.05) is 0 Å². The Kier molecular flexibility index (Phi) is 3.59. The number of likely N-dealkylation sites (tertiary alicyclic amines) is 1. The molecule has 6 heteroatoms. The van der Waals surface area contributed by atoms with Crippen LogP contribution in [-0.2, 0) is 6.54 Å². The van der Waals surface area contributed by atoms with Gasteiger partial charge in [0.2, 0.25) is 0 Å². The van der Waals surface area contributed by atoms with Gasteiger partial charge in [0.05, 0.1) is 12.6 Å². The molecule has 4 rings (SSSR count). The van der Waals surface area contributed by atoms with Crippen LogP contribution in [0.2, 0.25) is 0 Å². The predicted molar refractivity (Wildman–Crippen MR) is 87.2 cm³/mol. The Balaban J connectivity index is 1.64. The number of aromatic nitrogens is 2. The van der Waals surface area contributed by atoms with Gasteiger partial charge in [-0.15, -0.1) is 0 Å². The first-order chi connectivity index (χ1) is 11.6. The lowest BCUT2D eigenvalue weighted by molar-refractivity contribution is 0.0690. The number of aryl methyl sites for hydroxylation is 1. The van der Waals surface area contributed by atoms with E-state index < -0.39 is 0 Å². The summed E-state index contributed by atoms with van der Waals surface area (Å²) in [6, 6.07) is 6.30. The van der Waals surface area contributed by atoms with E-state index >= 15 is 0 Å². The van der Waals surface area contributed by atoms with Crippen molar-refractivity contribution in [1.29, 1.82) is 0 Å². The highest BCUT2D eigenvalue weighted by molar-refractivity contribution is 5.99. The molecule has 5 nitrogen and oxygen atoms in total. The minimum absolute atomic E-state index is 0.0988. The lowest BCUT2D eigenvalue weighted by Crippen LogP contribution is -2.38. The molecule has 0 aliphatic carbocycles. The van der Waals surface area contributed by atoms with Gasteiger partial charge < -0.3 is 9.32 Å². The Labute approximate surface area is 138 Å². The number of furan rings is 1. The maximum Gasteiger partial charge on any atom is 0.290 e. The number of fused-ring (bicyclic) bond motifs is 1. The number of hydrogen-bond donors (Lipinski definition) is 0. The second-order valence-corrected chi connectivity index (χ2v) is 6.22. The van der Waals surface area contributed by atoms with Crippen LogP contribution in [0.1, 0.15) is 29.0 Å². The molecule has 0 bridgehead atoms. The van der Waals surface area contributed by atoms with Gasteiger partial charge in [0.1, 0.15) is 11.4 Å². The molecule has 24 heavy (non-hydrogen) atoms. The van der Waals surface area contributed by atoms with Crippen LogP contribution < -0.4 is 0 Å². The third-order valence-electron chi connectivity index (χ3n) is 4.69. The van der Waals surface area contributed by atoms with E-state index in [1.54, 1.807) is 19.2 Å². The second-order valence-electron chi connectivity index (χ2n) is 6.22. The standard InChI is InChI=1S/C18H18FN3O2/c1-12-15-10-13(19)5-6-16(15)24-17(12)18(23)22-9-2-4-14(22)11-21-8-3-7-20-21/h3,5-8,10,14H,2,4,9,11H2,1H3/t14-/m1/s1. The highest BCUT2D eigenvalue weighted by Gasteiger charge is 2.32. The fourth-order valence-electron chi connectivity index (χ4n) is 3.44. The van der Waals surface area contributed by atoms with Gasteiger partial charge >= 0.3 is 0 Å². The average molecular weight is 327 g/mol. The Hall–Kier alpha value is -2.63. The molecule has 0 spiro atoms. The minimum Gasteiger partial charge on any atom is -0.451 e. The van der Waals surface area contributed by atoms with E-state index in [2.05, 4.69) is 5.10 Å². The van der Waals surface area contributed by atoms with Crippen LogP contribution in [0.5, 0.6) is 0 Å². The first-order valence-electron chi connectivity index (χ1n) is 8.10. The Morgan fingerprint density at radius 2 is 2.33 bits per heavy atom. The monoisotopic (exact) mass is 327 g/mol. The Morgan fingerprint density at radius 3 is 3.12 bits per heavy atom. The molecule has 1 fully saturated rings. The fraction of sp³-hybridized carbons (Fsp3) is 0.333. The number of halogens is 1. The third kappa shape index (κ3) is 2.48. The van der Waals surface area contributed by atoms with Crippen molar-refractivity contribution in [3.05, 3.63) is 53.8 Å². The van der Waals surface area contributed by atoms with Crippen molar-refractivity contribution in [2.75, 3.05) is 6.54 Å². The number of nitrogens with zero attached hydrogens (tertiary/aromatic N) is 3. The zero-order chi connectivity index (χ0) is 16.7. The van der Waals surface area contributed by atoms with Crippen molar-refractivity contribution in [2.45, 2.75) is 32.4 Å². The van der Waals surface area contributed by atoms with Gasteiger partial charge in [0.25, 0.3) is 5.91 Å². The Bertz CT molecular complexity index is 885. The first-order valence-corrected chi connectivity index (χ1v) is 8.10. The summed E-state index contributed by atoms with van der Waals surface area (Å²) in [6.07, 6.45) is 5.54. The van der Waals surface area contributed by atoms with Crippen LogP contribution in [0.25, 0.3) is 11.0 Å². The van der Waals surface area contributed by atoms with Crippen molar-refractivity contribution >= 4 is 16.9 Å². The van der Waals surface area contributed by atoms with Crippen LogP contribution in [0.4, 0.5) is 4.39 Å². The van der Waals surface area contributed by atoms with Crippen LogP contribution in [0.3, 0.4) is 0 Å². The summed E-state index contributed by atoms with van der Waals surface area (Å²) >= 11 is 0. The molecular weight excluding hydrogens is 309 g/mol. The van der Waals surface area contributed by atoms with Gasteiger partial charge in [-0.05, 0) is 44.0 Å². The summed E-state index contributed by atoms with van der Waals surface area (Å²) in [5.74, 6) is -0.148. The molecule has 0 unspecified atom stereocenters.